The second-order valence-corrected chi connectivity index (χ2v) is 10.3. The van der Waals surface area contributed by atoms with Crippen molar-refractivity contribution in [3.63, 3.8) is 0 Å². The highest BCUT2D eigenvalue weighted by atomic mass is 16.6. The minimum absolute atomic E-state index is 0.253. The lowest BCUT2D eigenvalue weighted by atomic mass is 10.3. The Morgan fingerprint density at radius 1 is 0.412 bits per heavy atom. The van der Waals surface area contributed by atoms with Gasteiger partial charge in [0.1, 0.15) is 12.4 Å². The molecule has 0 saturated heterocycles. The van der Waals surface area contributed by atoms with Crippen molar-refractivity contribution in [3.8, 4) is 5.75 Å². The van der Waals surface area contributed by atoms with E-state index >= 15 is 0 Å². The Bertz CT molecular complexity index is 853. The smallest absolute Gasteiger partial charge is 0.308 e. The zero-order valence-electron chi connectivity index (χ0n) is 30.6. The highest BCUT2D eigenvalue weighted by molar-refractivity contribution is 5.69. The first-order chi connectivity index (χ1) is 25.2. The molecule has 1 rings (SSSR count). The summed E-state index contributed by atoms with van der Waals surface area (Å²) in [6, 6.07) is 7.25. The molecule has 1 aromatic carbocycles. The van der Waals surface area contributed by atoms with E-state index in [-0.39, 0.29) is 12.4 Å². The Hall–Kier alpha value is -2.19. The Labute approximate surface area is 303 Å². The second kappa shape index (κ2) is 39.0. The first-order valence-electron chi connectivity index (χ1n) is 17.8. The van der Waals surface area contributed by atoms with Gasteiger partial charge in [0, 0.05) is 5.69 Å². The summed E-state index contributed by atoms with van der Waals surface area (Å²) in [6.45, 7) is 14.2. The van der Waals surface area contributed by atoms with Crippen LogP contribution in [-0.4, -0.2) is 178 Å². The van der Waals surface area contributed by atoms with Crippen molar-refractivity contribution < 1.29 is 71.1 Å². The molecule has 298 valence electrons. The third kappa shape index (κ3) is 36.0. The van der Waals surface area contributed by atoms with Crippen molar-refractivity contribution in [2.45, 2.75) is 13.3 Å². The van der Waals surface area contributed by atoms with Gasteiger partial charge >= 0.3 is 5.97 Å². The Morgan fingerprint density at radius 2 is 0.667 bits per heavy atom. The van der Waals surface area contributed by atoms with Gasteiger partial charge in [0.05, 0.1) is 172 Å². The molecular weight excluding hydrogens is 674 g/mol. The van der Waals surface area contributed by atoms with E-state index in [1.807, 2.05) is 12.1 Å². The Kier molecular flexibility index (Phi) is 35.8. The van der Waals surface area contributed by atoms with Crippen LogP contribution in [0, 0.1) is 0 Å². The normalized spacial score (nSPS) is 11.3. The molecule has 0 aliphatic carbocycles. The van der Waals surface area contributed by atoms with E-state index in [0.717, 1.165) is 5.75 Å². The molecule has 0 bridgehead atoms. The fourth-order valence-corrected chi connectivity index (χ4v) is 3.69. The summed E-state index contributed by atoms with van der Waals surface area (Å²) in [5.41, 5.74) is 6.35. The van der Waals surface area contributed by atoms with Gasteiger partial charge in [0.15, 0.2) is 0 Å². The zero-order valence-corrected chi connectivity index (χ0v) is 30.6. The quantitative estimate of drug-likeness (QED) is 0.0585. The van der Waals surface area contributed by atoms with Crippen LogP contribution in [0.2, 0.25) is 0 Å². The maximum atomic E-state index is 11.2. The molecule has 16 nitrogen and oxygen atoms in total. The summed E-state index contributed by atoms with van der Waals surface area (Å²) >= 11 is 0. The largest absolute Gasteiger partial charge is 0.491 e. The molecule has 16 heteroatoms. The van der Waals surface area contributed by atoms with E-state index in [2.05, 4.69) is 0 Å². The minimum Gasteiger partial charge on any atom is -0.491 e. The number of nitrogen functional groups attached to an aromatic ring is 1. The SMILES string of the molecule is CCOC(=O)CCOCCOCCOCCOCCOCCOCCOCCOCCOCCOCCOCCOCCOc1ccc(N)cc1. The van der Waals surface area contributed by atoms with Gasteiger partial charge in [-0.3, -0.25) is 4.79 Å². The number of esters is 1. The predicted octanol–water partition coefficient (Wildman–Crippen LogP) is 1.80. The van der Waals surface area contributed by atoms with Gasteiger partial charge in [-0.1, -0.05) is 0 Å². The number of anilines is 1. The molecule has 0 unspecified atom stereocenters. The van der Waals surface area contributed by atoms with Gasteiger partial charge in [-0.15, -0.1) is 0 Å². The maximum Gasteiger partial charge on any atom is 0.308 e. The first kappa shape index (κ1) is 46.8. The number of carbonyl (C=O) groups excluding carboxylic acids is 1. The van der Waals surface area contributed by atoms with Crippen LogP contribution in [0.4, 0.5) is 5.69 Å². The molecule has 0 atom stereocenters. The van der Waals surface area contributed by atoms with Gasteiger partial charge in [-0.05, 0) is 31.2 Å². The second-order valence-electron chi connectivity index (χ2n) is 10.3. The van der Waals surface area contributed by atoms with E-state index in [9.17, 15) is 4.79 Å². The average molecular weight is 738 g/mol. The summed E-state index contributed by atoms with van der Waals surface area (Å²) in [7, 11) is 0. The van der Waals surface area contributed by atoms with Crippen molar-refractivity contribution in [1.29, 1.82) is 0 Å². The van der Waals surface area contributed by atoms with Crippen molar-refractivity contribution in [1.82, 2.24) is 0 Å². The molecule has 0 amide bonds. The highest BCUT2D eigenvalue weighted by Gasteiger charge is 2.01. The highest BCUT2D eigenvalue weighted by Crippen LogP contribution is 2.12. The van der Waals surface area contributed by atoms with Crippen LogP contribution in [0.25, 0.3) is 0 Å². The van der Waals surface area contributed by atoms with Gasteiger partial charge < -0.3 is 72.0 Å². The lowest BCUT2D eigenvalue weighted by Gasteiger charge is -2.09. The first-order valence-corrected chi connectivity index (χ1v) is 17.8. The van der Waals surface area contributed by atoms with Crippen molar-refractivity contribution in [3.05, 3.63) is 24.3 Å². The maximum absolute atomic E-state index is 11.2. The number of hydrogen-bond donors (Lipinski definition) is 1. The molecule has 0 heterocycles. The van der Waals surface area contributed by atoms with E-state index in [4.69, 9.17) is 72.0 Å². The third-order valence-electron chi connectivity index (χ3n) is 6.22. The number of nitrogens with two attached hydrogens (primary N) is 1. The van der Waals surface area contributed by atoms with Crippen LogP contribution in [0.15, 0.2) is 24.3 Å². The fourth-order valence-electron chi connectivity index (χ4n) is 3.69. The van der Waals surface area contributed by atoms with Crippen LogP contribution in [0.5, 0.6) is 5.75 Å². The number of hydrogen-bond acceptors (Lipinski definition) is 16. The van der Waals surface area contributed by atoms with E-state index in [0.29, 0.717) is 177 Å². The van der Waals surface area contributed by atoms with Crippen LogP contribution < -0.4 is 10.5 Å². The molecule has 0 saturated carbocycles. The van der Waals surface area contributed by atoms with Crippen LogP contribution in [0.1, 0.15) is 13.3 Å². The van der Waals surface area contributed by atoms with E-state index in [1.54, 1.807) is 19.1 Å². The Balaban J connectivity index is 1.62. The van der Waals surface area contributed by atoms with Crippen molar-refractivity contribution in [2.24, 2.45) is 0 Å². The zero-order chi connectivity index (χ0) is 36.6. The summed E-state index contributed by atoms with van der Waals surface area (Å²) in [5, 5.41) is 0. The summed E-state index contributed by atoms with van der Waals surface area (Å²) in [6.07, 6.45) is 0.253. The lowest BCUT2D eigenvalue weighted by Crippen LogP contribution is -2.15. The molecular formula is C35H63NO15. The van der Waals surface area contributed by atoms with Gasteiger partial charge in [0.2, 0.25) is 0 Å². The molecule has 1 aromatic rings. The monoisotopic (exact) mass is 737 g/mol. The molecule has 0 radical (unpaired) electrons. The number of carbonyl (C=O) groups is 1. The number of rotatable bonds is 41. The lowest BCUT2D eigenvalue weighted by molar-refractivity contribution is -0.144. The fraction of sp³-hybridized carbons (Fsp3) is 0.800. The molecule has 51 heavy (non-hydrogen) atoms. The summed E-state index contributed by atoms with van der Waals surface area (Å²) in [4.78, 5) is 11.2. The van der Waals surface area contributed by atoms with Crippen LogP contribution in [-0.2, 0) is 66.4 Å². The molecule has 0 fully saturated rings. The number of ether oxygens (including phenoxy) is 14. The molecule has 0 spiro atoms. The van der Waals surface area contributed by atoms with E-state index in [1.165, 1.54) is 0 Å². The minimum atomic E-state index is -0.253. The molecule has 0 aliphatic heterocycles. The average Bonchev–Trinajstić information content (AvgIpc) is 3.13. The molecule has 0 aromatic heterocycles. The van der Waals surface area contributed by atoms with Crippen LogP contribution >= 0.6 is 0 Å². The molecule has 0 aliphatic rings. The summed E-state index contributed by atoms with van der Waals surface area (Å²) < 4.78 is 75.8. The van der Waals surface area contributed by atoms with E-state index < -0.39 is 0 Å². The van der Waals surface area contributed by atoms with Gasteiger partial charge in [0.25, 0.3) is 0 Å². The van der Waals surface area contributed by atoms with Gasteiger partial charge in [-0.2, -0.15) is 0 Å². The Morgan fingerprint density at radius 3 is 0.941 bits per heavy atom. The third-order valence-corrected chi connectivity index (χ3v) is 6.22. The summed E-state index contributed by atoms with van der Waals surface area (Å²) in [5.74, 6) is 0.515. The predicted molar refractivity (Wildman–Crippen MR) is 187 cm³/mol. The van der Waals surface area contributed by atoms with Crippen molar-refractivity contribution >= 4 is 11.7 Å². The number of benzene rings is 1. The van der Waals surface area contributed by atoms with Crippen molar-refractivity contribution in [2.75, 3.05) is 178 Å². The molecule has 2 N–H and O–H groups in total. The van der Waals surface area contributed by atoms with Crippen LogP contribution in [0.3, 0.4) is 0 Å². The standard InChI is InChI=1S/C35H63NO15/c1-2-50-35(37)7-8-38-9-10-39-11-12-40-13-14-41-15-16-42-17-18-43-19-20-44-21-22-45-23-24-46-25-26-47-27-28-48-29-30-49-31-32-51-34-5-3-33(36)4-6-34/h3-6H,2,7-32,36H2,1H3. The topological polar surface area (TPSA) is 172 Å². The van der Waals surface area contributed by atoms with Gasteiger partial charge in [-0.25, -0.2) is 0 Å².